The molecule has 1 heterocycles. The van der Waals surface area contributed by atoms with Gasteiger partial charge >= 0.3 is 0 Å². The van der Waals surface area contributed by atoms with Gasteiger partial charge in [0.1, 0.15) is 3.81 Å². The molecule has 5 heteroatoms. The quantitative estimate of drug-likeness (QED) is 0.729. The molecule has 0 bridgehead atoms. The second-order valence-electron chi connectivity index (χ2n) is 2.47. The standard InChI is InChI=1S/C6H10BrNO2S/c1-6(7)11(9,10)8-4-2-3-5-8/h1-5H2. The number of halogens is 1. The van der Waals surface area contributed by atoms with Gasteiger partial charge in [-0.05, 0) is 28.8 Å². The summed E-state index contributed by atoms with van der Waals surface area (Å²) in [5.41, 5.74) is 0. The van der Waals surface area contributed by atoms with Crippen molar-refractivity contribution in [2.75, 3.05) is 13.1 Å². The monoisotopic (exact) mass is 239 g/mol. The second-order valence-corrected chi connectivity index (χ2v) is 5.91. The highest BCUT2D eigenvalue weighted by Gasteiger charge is 2.26. The van der Waals surface area contributed by atoms with Crippen molar-refractivity contribution in [1.29, 1.82) is 0 Å². The average Bonchev–Trinajstić information content (AvgIpc) is 2.37. The fraction of sp³-hybridized carbons (Fsp3) is 0.667. The molecule has 0 radical (unpaired) electrons. The first-order valence-corrected chi connectivity index (χ1v) is 5.63. The van der Waals surface area contributed by atoms with Crippen molar-refractivity contribution in [3.8, 4) is 0 Å². The molecule has 1 saturated heterocycles. The average molecular weight is 240 g/mol. The number of sulfonamides is 1. The van der Waals surface area contributed by atoms with Gasteiger partial charge in [0, 0.05) is 13.1 Å². The van der Waals surface area contributed by atoms with Crippen molar-refractivity contribution in [3.05, 3.63) is 10.4 Å². The Morgan fingerprint density at radius 1 is 1.36 bits per heavy atom. The van der Waals surface area contributed by atoms with Crippen molar-refractivity contribution in [1.82, 2.24) is 4.31 Å². The number of rotatable bonds is 2. The highest BCUT2D eigenvalue weighted by molar-refractivity contribution is 9.13. The highest BCUT2D eigenvalue weighted by atomic mass is 79.9. The van der Waals surface area contributed by atoms with Crippen LogP contribution in [0.15, 0.2) is 10.4 Å². The van der Waals surface area contributed by atoms with Crippen LogP contribution in [0, 0.1) is 0 Å². The van der Waals surface area contributed by atoms with E-state index in [1.807, 2.05) is 0 Å². The molecule has 0 spiro atoms. The molecule has 0 aromatic rings. The maximum atomic E-state index is 11.3. The summed E-state index contributed by atoms with van der Waals surface area (Å²) in [5.74, 6) is 0. The Bertz CT molecular complexity index is 254. The summed E-state index contributed by atoms with van der Waals surface area (Å²) in [6.07, 6.45) is 1.92. The van der Waals surface area contributed by atoms with Gasteiger partial charge in [0.25, 0.3) is 0 Å². The molecule has 0 amide bonds. The summed E-state index contributed by atoms with van der Waals surface area (Å²) < 4.78 is 24.1. The van der Waals surface area contributed by atoms with Crippen molar-refractivity contribution < 1.29 is 8.42 Å². The molecule has 0 N–H and O–H groups in total. The minimum atomic E-state index is -3.22. The summed E-state index contributed by atoms with van der Waals surface area (Å²) in [4.78, 5) is 0. The topological polar surface area (TPSA) is 37.4 Å². The van der Waals surface area contributed by atoms with Crippen LogP contribution in [-0.2, 0) is 10.0 Å². The highest BCUT2D eigenvalue weighted by Crippen LogP contribution is 2.21. The van der Waals surface area contributed by atoms with E-state index in [9.17, 15) is 8.42 Å². The molecule has 0 aliphatic carbocycles. The molecule has 1 rings (SSSR count). The van der Waals surface area contributed by atoms with E-state index in [2.05, 4.69) is 22.5 Å². The van der Waals surface area contributed by atoms with E-state index in [0.29, 0.717) is 13.1 Å². The van der Waals surface area contributed by atoms with Gasteiger partial charge in [-0.25, -0.2) is 8.42 Å². The van der Waals surface area contributed by atoms with Gasteiger partial charge in [-0.15, -0.1) is 0 Å². The maximum absolute atomic E-state index is 11.3. The van der Waals surface area contributed by atoms with Crippen LogP contribution in [-0.4, -0.2) is 25.8 Å². The lowest BCUT2D eigenvalue weighted by Gasteiger charge is -2.13. The Morgan fingerprint density at radius 2 is 1.82 bits per heavy atom. The lowest BCUT2D eigenvalue weighted by Crippen LogP contribution is -2.27. The molecule has 1 fully saturated rings. The molecule has 0 saturated carbocycles. The normalized spacial score (nSPS) is 20.5. The van der Waals surface area contributed by atoms with Gasteiger partial charge in [-0.2, -0.15) is 4.31 Å². The van der Waals surface area contributed by atoms with Crippen LogP contribution in [0.5, 0.6) is 0 Å². The van der Waals surface area contributed by atoms with E-state index in [-0.39, 0.29) is 3.81 Å². The summed E-state index contributed by atoms with van der Waals surface area (Å²) in [5, 5.41) is 0. The van der Waals surface area contributed by atoms with E-state index in [1.54, 1.807) is 0 Å². The lowest BCUT2D eigenvalue weighted by atomic mass is 10.4. The minimum absolute atomic E-state index is 0.0619. The van der Waals surface area contributed by atoms with E-state index in [0.717, 1.165) is 12.8 Å². The van der Waals surface area contributed by atoms with Gasteiger partial charge in [0.05, 0.1) is 0 Å². The summed E-state index contributed by atoms with van der Waals surface area (Å²) in [6, 6.07) is 0. The van der Waals surface area contributed by atoms with Crippen LogP contribution < -0.4 is 0 Å². The van der Waals surface area contributed by atoms with Crippen molar-refractivity contribution >= 4 is 26.0 Å². The maximum Gasteiger partial charge on any atom is 0.249 e. The Balaban J connectivity index is 2.80. The molecule has 0 atom stereocenters. The first kappa shape index (κ1) is 9.22. The minimum Gasteiger partial charge on any atom is -0.206 e. The van der Waals surface area contributed by atoms with E-state index < -0.39 is 10.0 Å². The lowest BCUT2D eigenvalue weighted by molar-refractivity contribution is 0.486. The molecule has 0 aromatic heterocycles. The molecule has 0 aromatic carbocycles. The van der Waals surface area contributed by atoms with Crippen LogP contribution in [0.1, 0.15) is 12.8 Å². The molecule has 1 aliphatic rings. The van der Waals surface area contributed by atoms with Crippen molar-refractivity contribution in [2.45, 2.75) is 12.8 Å². The zero-order valence-electron chi connectivity index (χ0n) is 6.09. The molecular formula is C6H10BrNO2S. The van der Waals surface area contributed by atoms with Gasteiger partial charge < -0.3 is 0 Å². The smallest absolute Gasteiger partial charge is 0.206 e. The fourth-order valence-electron chi connectivity index (χ4n) is 1.07. The summed E-state index contributed by atoms with van der Waals surface area (Å²) >= 11 is 2.88. The zero-order chi connectivity index (χ0) is 8.48. The fourth-order valence-corrected chi connectivity index (χ4v) is 2.70. The van der Waals surface area contributed by atoms with Gasteiger partial charge in [0.15, 0.2) is 0 Å². The third-order valence-electron chi connectivity index (χ3n) is 1.68. The first-order valence-electron chi connectivity index (χ1n) is 3.40. The molecular weight excluding hydrogens is 230 g/mol. The molecule has 64 valence electrons. The van der Waals surface area contributed by atoms with Crippen molar-refractivity contribution in [2.24, 2.45) is 0 Å². The Hall–Kier alpha value is 0.130. The summed E-state index contributed by atoms with van der Waals surface area (Å²) in [6.45, 7) is 4.62. The summed E-state index contributed by atoms with van der Waals surface area (Å²) in [7, 11) is -3.22. The van der Waals surface area contributed by atoms with E-state index in [1.165, 1.54) is 4.31 Å². The third kappa shape index (κ3) is 1.83. The van der Waals surface area contributed by atoms with Gasteiger partial charge in [-0.1, -0.05) is 6.58 Å². The van der Waals surface area contributed by atoms with E-state index in [4.69, 9.17) is 0 Å². The third-order valence-corrected chi connectivity index (χ3v) is 4.52. The largest absolute Gasteiger partial charge is 0.249 e. The molecule has 11 heavy (non-hydrogen) atoms. The Labute approximate surface area is 75.3 Å². The Kier molecular flexibility index (Phi) is 2.72. The first-order chi connectivity index (χ1) is 5.05. The Morgan fingerprint density at radius 3 is 2.18 bits per heavy atom. The number of hydrogen-bond acceptors (Lipinski definition) is 2. The number of hydrogen-bond donors (Lipinski definition) is 0. The molecule has 3 nitrogen and oxygen atoms in total. The predicted molar refractivity (Wildman–Crippen MR) is 47.8 cm³/mol. The van der Waals surface area contributed by atoms with Crippen molar-refractivity contribution in [3.63, 3.8) is 0 Å². The van der Waals surface area contributed by atoms with Gasteiger partial charge in [-0.3, -0.25) is 0 Å². The van der Waals surface area contributed by atoms with Crippen LogP contribution >= 0.6 is 15.9 Å². The van der Waals surface area contributed by atoms with Crippen LogP contribution in [0.25, 0.3) is 0 Å². The van der Waals surface area contributed by atoms with Crippen LogP contribution in [0.4, 0.5) is 0 Å². The predicted octanol–water partition coefficient (Wildman–Crippen LogP) is 1.28. The molecule has 1 aliphatic heterocycles. The van der Waals surface area contributed by atoms with Gasteiger partial charge in [0.2, 0.25) is 10.0 Å². The SMILES string of the molecule is C=C(Br)S(=O)(=O)N1CCCC1. The van der Waals surface area contributed by atoms with Crippen LogP contribution in [0.2, 0.25) is 0 Å². The van der Waals surface area contributed by atoms with Crippen LogP contribution in [0.3, 0.4) is 0 Å². The second kappa shape index (κ2) is 3.25. The molecule has 0 unspecified atom stereocenters. The zero-order valence-corrected chi connectivity index (χ0v) is 8.49. The van der Waals surface area contributed by atoms with E-state index >= 15 is 0 Å². The number of nitrogens with zero attached hydrogens (tertiary/aromatic N) is 1.